The number of anilines is 1. The molecule has 2 rings (SSSR count). The quantitative estimate of drug-likeness (QED) is 0.886. The van der Waals surface area contributed by atoms with E-state index in [2.05, 4.69) is 25.5 Å². The summed E-state index contributed by atoms with van der Waals surface area (Å²) in [5, 5.41) is 9.11. The largest absolute Gasteiger partial charge is 0.416 e. The van der Waals surface area contributed by atoms with Crippen LogP contribution in [0.15, 0.2) is 24.7 Å². The molecule has 0 amide bonds. The molecule has 0 radical (unpaired) electrons. The van der Waals surface area contributed by atoms with Crippen molar-refractivity contribution in [2.24, 2.45) is 0 Å². The van der Waals surface area contributed by atoms with E-state index in [1.54, 1.807) is 6.92 Å². The average Bonchev–Trinajstić information content (AvgIpc) is 2.81. The van der Waals surface area contributed by atoms with Crippen molar-refractivity contribution in [3.8, 4) is 0 Å². The Bertz CT molecular complexity index is 508. The van der Waals surface area contributed by atoms with Crippen molar-refractivity contribution >= 4 is 5.82 Å². The standard InChI is InChI=1S/C10H10F3N5/c1-6(9-15-5-16-18-9)17-8-4-7(2-3-14-8)10(11,12)13/h2-6H,1H3,(H,14,17)(H,15,16,18). The van der Waals surface area contributed by atoms with Crippen LogP contribution in [0, 0.1) is 0 Å². The molecule has 0 saturated heterocycles. The smallest absolute Gasteiger partial charge is 0.360 e. The first kappa shape index (κ1) is 12.3. The molecule has 2 aromatic rings. The highest BCUT2D eigenvalue weighted by atomic mass is 19.4. The van der Waals surface area contributed by atoms with Gasteiger partial charge in [0.25, 0.3) is 0 Å². The zero-order valence-electron chi connectivity index (χ0n) is 9.36. The second-order valence-electron chi connectivity index (χ2n) is 3.66. The Morgan fingerprint density at radius 1 is 1.33 bits per heavy atom. The summed E-state index contributed by atoms with van der Waals surface area (Å²) in [5.74, 6) is 0.655. The first-order valence-electron chi connectivity index (χ1n) is 5.12. The van der Waals surface area contributed by atoms with Crippen LogP contribution >= 0.6 is 0 Å². The highest BCUT2D eigenvalue weighted by molar-refractivity contribution is 5.39. The maximum Gasteiger partial charge on any atom is 0.416 e. The summed E-state index contributed by atoms with van der Waals surface area (Å²) in [6.07, 6.45) is -1.94. The van der Waals surface area contributed by atoms with Gasteiger partial charge in [-0.15, -0.1) is 0 Å². The number of halogens is 3. The molecule has 5 nitrogen and oxygen atoms in total. The molecule has 2 N–H and O–H groups in total. The molecule has 0 saturated carbocycles. The number of aromatic nitrogens is 4. The fourth-order valence-electron chi connectivity index (χ4n) is 1.40. The molecule has 18 heavy (non-hydrogen) atoms. The van der Waals surface area contributed by atoms with E-state index >= 15 is 0 Å². The minimum atomic E-state index is -4.38. The Hall–Kier alpha value is -2.12. The lowest BCUT2D eigenvalue weighted by Gasteiger charge is -2.13. The lowest BCUT2D eigenvalue weighted by molar-refractivity contribution is -0.137. The van der Waals surface area contributed by atoms with Crippen LogP contribution in [0.2, 0.25) is 0 Å². The summed E-state index contributed by atoms with van der Waals surface area (Å²) < 4.78 is 37.5. The van der Waals surface area contributed by atoms with Crippen LogP contribution < -0.4 is 5.32 Å². The minimum Gasteiger partial charge on any atom is -0.360 e. The number of hydrogen-bond donors (Lipinski definition) is 2. The van der Waals surface area contributed by atoms with Crippen molar-refractivity contribution in [3.63, 3.8) is 0 Å². The van der Waals surface area contributed by atoms with Gasteiger partial charge in [-0.05, 0) is 19.1 Å². The highest BCUT2D eigenvalue weighted by Gasteiger charge is 2.30. The fraction of sp³-hybridized carbons (Fsp3) is 0.300. The monoisotopic (exact) mass is 257 g/mol. The van der Waals surface area contributed by atoms with Gasteiger partial charge in [-0.25, -0.2) is 9.97 Å². The van der Waals surface area contributed by atoms with Gasteiger partial charge < -0.3 is 5.32 Å². The summed E-state index contributed by atoms with van der Waals surface area (Å²) in [5.41, 5.74) is -0.746. The Kier molecular flexibility index (Phi) is 3.17. The maximum atomic E-state index is 12.5. The van der Waals surface area contributed by atoms with E-state index in [-0.39, 0.29) is 11.9 Å². The molecule has 0 aliphatic heterocycles. The second kappa shape index (κ2) is 4.63. The normalized spacial score (nSPS) is 13.3. The van der Waals surface area contributed by atoms with E-state index in [0.717, 1.165) is 18.3 Å². The molecule has 0 spiro atoms. The Balaban J connectivity index is 2.15. The molecule has 0 aliphatic carbocycles. The van der Waals surface area contributed by atoms with Crippen LogP contribution in [0.1, 0.15) is 24.4 Å². The molecule has 0 aliphatic rings. The van der Waals surface area contributed by atoms with Gasteiger partial charge in [-0.2, -0.15) is 18.3 Å². The molecular formula is C10H10F3N5. The molecular weight excluding hydrogens is 247 g/mol. The third-order valence-electron chi connectivity index (χ3n) is 2.30. The SMILES string of the molecule is CC(Nc1cc(C(F)(F)F)ccn1)c1ncn[nH]1. The lowest BCUT2D eigenvalue weighted by Crippen LogP contribution is -2.11. The number of H-pyrrole nitrogens is 1. The molecule has 2 heterocycles. The lowest BCUT2D eigenvalue weighted by atomic mass is 10.2. The van der Waals surface area contributed by atoms with E-state index in [9.17, 15) is 13.2 Å². The van der Waals surface area contributed by atoms with Crippen molar-refractivity contribution in [3.05, 3.63) is 36.0 Å². The van der Waals surface area contributed by atoms with Crippen molar-refractivity contribution < 1.29 is 13.2 Å². The van der Waals surface area contributed by atoms with Gasteiger partial charge in [0.05, 0.1) is 11.6 Å². The van der Waals surface area contributed by atoms with Gasteiger partial charge in [-0.1, -0.05) is 0 Å². The maximum absolute atomic E-state index is 12.5. The van der Waals surface area contributed by atoms with Gasteiger partial charge in [0, 0.05) is 6.20 Å². The van der Waals surface area contributed by atoms with Crippen LogP contribution in [0.25, 0.3) is 0 Å². The van der Waals surface area contributed by atoms with Gasteiger partial charge in [0.2, 0.25) is 0 Å². The van der Waals surface area contributed by atoms with Crippen LogP contribution in [-0.2, 0) is 6.18 Å². The summed E-state index contributed by atoms with van der Waals surface area (Å²) in [6, 6.07) is 1.56. The first-order valence-corrected chi connectivity index (χ1v) is 5.12. The average molecular weight is 257 g/mol. The molecule has 1 atom stereocenters. The highest BCUT2D eigenvalue weighted by Crippen LogP contribution is 2.30. The second-order valence-corrected chi connectivity index (χ2v) is 3.66. The van der Waals surface area contributed by atoms with E-state index < -0.39 is 11.7 Å². The van der Waals surface area contributed by atoms with E-state index in [4.69, 9.17) is 0 Å². The van der Waals surface area contributed by atoms with Crippen molar-refractivity contribution in [1.29, 1.82) is 0 Å². The summed E-state index contributed by atoms with van der Waals surface area (Å²) >= 11 is 0. The molecule has 2 aromatic heterocycles. The number of rotatable bonds is 3. The van der Waals surface area contributed by atoms with Crippen LogP contribution in [0.3, 0.4) is 0 Å². The summed E-state index contributed by atoms with van der Waals surface area (Å²) in [7, 11) is 0. The van der Waals surface area contributed by atoms with Gasteiger partial charge >= 0.3 is 6.18 Å². The fourth-order valence-corrected chi connectivity index (χ4v) is 1.40. The Morgan fingerprint density at radius 3 is 2.72 bits per heavy atom. The van der Waals surface area contributed by atoms with Crippen molar-refractivity contribution in [2.75, 3.05) is 5.32 Å². The summed E-state index contributed by atoms with van der Waals surface area (Å²) in [4.78, 5) is 7.73. The van der Waals surface area contributed by atoms with Crippen LogP contribution in [-0.4, -0.2) is 20.2 Å². The topological polar surface area (TPSA) is 66.5 Å². The number of nitrogens with zero attached hydrogens (tertiary/aromatic N) is 3. The van der Waals surface area contributed by atoms with Crippen molar-refractivity contribution in [2.45, 2.75) is 19.1 Å². The molecule has 1 unspecified atom stereocenters. The summed E-state index contributed by atoms with van der Waals surface area (Å²) in [6.45, 7) is 1.74. The number of aromatic amines is 1. The van der Waals surface area contributed by atoms with Gasteiger partial charge in [0.1, 0.15) is 18.0 Å². The third-order valence-corrected chi connectivity index (χ3v) is 2.30. The Labute approximate surface area is 100 Å². The molecule has 8 heteroatoms. The number of hydrogen-bond acceptors (Lipinski definition) is 4. The molecule has 0 fully saturated rings. The predicted molar refractivity (Wildman–Crippen MR) is 57.7 cm³/mol. The zero-order valence-corrected chi connectivity index (χ0v) is 9.36. The third kappa shape index (κ3) is 2.76. The molecule has 96 valence electrons. The number of alkyl halides is 3. The molecule has 0 bridgehead atoms. The first-order chi connectivity index (χ1) is 8.47. The van der Waals surface area contributed by atoms with E-state index in [0.29, 0.717) is 5.82 Å². The Morgan fingerprint density at radius 2 is 2.11 bits per heavy atom. The van der Waals surface area contributed by atoms with E-state index in [1.807, 2.05) is 0 Å². The van der Waals surface area contributed by atoms with Gasteiger partial charge in [0.15, 0.2) is 0 Å². The number of pyridine rings is 1. The van der Waals surface area contributed by atoms with Crippen LogP contribution in [0.4, 0.5) is 19.0 Å². The zero-order chi connectivity index (χ0) is 13.2. The van der Waals surface area contributed by atoms with E-state index in [1.165, 1.54) is 6.33 Å². The van der Waals surface area contributed by atoms with Crippen molar-refractivity contribution in [1.82, 2.24) is 20.2 Å². The predicted octanol–water partition coefficient (Wildman–Crippen LogP) is 2.39. The minimum absolute atomic E-state index is 0.133. The van der Waals surface area contributed by atoms with Crippen LogP contribution in [0.5, 0.6) is 0 Å². The van der Waals surface area contributed by atoms with Gasteiger partial charge in [-0.3, -0.25) is 5.10 Å². The molecule has 0 aromatic carbocycles. The number of nitrogens with one attached hydrogen (secondary N) is 2.